The van der Waals surface area contributed by atoms with E-state index in [1.54, 1.807) is 36.4 Å². The van der Waals surface area contributed by atoms with E-state index in [9.17, 15) is 14.4 Å². The fraction of sp³-hybridized carbons (Fsp3) is 0.286. The number of carbonyl (C=O) groups is 3. The van der Waals surface area contributed by atoms with Crippen molar-refractivity contribution in [2.24, 2.45) is 5.73 Å². The van der Waals surface area contributed by atoms with Crippen molar-refractivity contribution < 1.29 is 19.1 Å². The standard InChI is InChI=1S/C21H22N2O4/c1-27-19(25)17-7-3-2-6-16(17)14-8-10-15(11-9-14)18(24)23-21(20(22)26)12-4-5-13-21/h2-3,6-11H,4-5,12-13H2,1H3,(H2,22,26)(H,23,24). The number of nitrogens with two attached hydrogens (primary N) is 1. The Morgan fingerprint density at radius 1 is 1.00 bits per heavy atom. The molecule has 0 heterocycles. The number of esters is 1. The van der Waals surface area contributed by atoms with Crippen molar-refractivity contribution in [3.8, 4) is 11.1 Å². The monoisotopic (exact) mass is 366 g/mol. The highest BCUT2D eigenvalue weighted by molar-refractivity contribution is 6.00. The average molecular weight is 366 g/mol. The van der Waals surface area contributed by atoms with E-state index in [0.717, 1.165) is 24.0 Å². The molecule has 3 N–H and O–H groups in total. The van der Waals surface area contributed by atoms with Crippen LogP contribution in [0.3, 0.4) is 0 Å². The van der Waals surface area contributed by atoms with Crippen LogP contribution in [0.15, 0.2) is 48.5 Å². The van der Waals surface area contributed by atoms with Crippen LogP contribution < -0.4 is 11.1 Å². The molecular weight excluding hydrogens is 344 g/mol. The van der Waals surface area contributed by atoms with Gasteiger partial charge in [-0.05, 0) is 42.2 Å². The van der Waals surface area contributed by atoms with E-state index < -0.39 is 17.4 Å². The van der Waals surface area contributed by atoms with Crippen LogP contribution in [0, 0.1) is 0 Å². The van der Waals surface area contributed by atoms with Gasteiger partial charge in [-0.2, -0.15) is 0 Å². The first-order valence-electron chi connectivity index (χ1n) is 8.87. The summed E-state index contributed by atoms with van der Waals surface area (Å²) in [6, 6.07) is 14.0. The molecule has 2 aromatic carbocycles. The molecule has 0 saturated heterocycles. The molecule has 1 saturated carbocycles. The summed E-state index contributed by atoms with van der Waals surface area (Å²) in [5.41, 5.74) is 6.97. The Labute approximate surface area is 157 Å². The predicted octanol–water partition coefficient (Wildman–Crippen LogP) is 2.67. The molecule has 0 spiro atoms. The van der Waals surface area contributed by atoms with E-state index in [2.05, 4.69) is 5.32 Å². The first kappa shape index (κ1) is 18.6. The highest BCUT2D eigenvalue weighted by atomic mass is 16.5. The summed E-state index contributed by atoms with van der Waals surface area (Å²) in [5, 5.41) is 2.82. The van der Waals surface area contributed by atoms with Gasteiger partial charge in [0.15, 0.2) is 0 Å². The topological polar surface area (TPSA) is 98.5 Å². The highest BCUT2D eigenvalue weighted by Crippen LogP contribution is 2.30. The Morgan fingerprint density at radius 3 is 2.22 bits per heavy atom. The Kier molecular flexibility index (Phi) is 5.26. The number of ether oxygens (including phenoxy) is 1. The number of methoxy groups -OCH3 is 1. The van der Waals surface area contributed by atoms with Gasteiger partial charge in [0.25, 0.3) is 5.91 Å². The molecular formula is C21H22N2O4. The fourth-order valence-electron chi connectivity index (χ4n) is 3.53. The predicted molar refractivity (Wildman–Crippen MR) is 101 cm³/mol. The maximum atomic E-state index is 12.6. The van der Waals surface area contributed by atoms with E-state index in [4.69, 9.17) is 10.5 Å². The van der Waals surface area contributed by atoms with Gasteiger partial charge in [0.1, 0.15) is 5.54 Å². The molecule has 2 amide bonds. The van der Waals surface area contributed by atoms with E-state index >= 15 is 0 Å². The van der Waals surface area contributed by atoms with Crippen molar-refractivity contribution in [3.63, 3.8) is 0 Å². The van der Waals surface area contributed by atoms with Gasteiger partial charge in [0.05, 0.1) is 12.7 Å². The highest BCUT2D eigenvalue weighted by Gasteiger charge is 2.40. The van der Waals surface area contributed by atoms with Crippen LogP contribution in [0.1, 0.15) is 46.4 Å². The summed E-state index contributed by atoms with van der Waals surface area (Å²) in [5.74, 6) is -1.24. The first-order valence-corrected chi connectivity index (χ1v) is 8.87. The molecule has 0 radical (unpaired) electrons. The number of primary amides is 1. The van der Waals surface area contributed by atoms with Crippen molar-refractivity contribution in [1.29, 1.82) is 0 Å². The fourth-order valence-corrected chi connectivity index (χ4v) is 3.53. The molecule has 6 heteroatoms. The van der Waals surface area contributed by atoms with Crippen LogP contribution >= 0.6 is 0 Å². The normalized spacial score (nSPS) is 15.1. The van der Waals surface area contributed by atoms with Gasteiger partial charge in [-0.15, -0.1) is 0 Å². The summed E-state index contributed by atoms with van der Waals surface area (Å²) in [7, 11) is 1.34. The molecule has 1 fully saturated rings. The summed E-state index contributed by atoms with van der Waals surface area (Å²) >= 11 is 0. The third-order valence-electron chi connectivity index (χ3n) is 5.07. The molecule has 27 heavy (non-hydrogen) atoms. The van der Waals surface area contributed by atoms with Crippen LogP contribution in [0.25, 0.3) is 11.1 Å². The zero-order valence-electron chi connectivity index (χ0n) is 15.2. The largest absolute Gasteiger partial charge is 0.465 e. The number of hydrogen-bond donors (Lipinski definition) is 2. The van der Waals surface area contributed by atoms with Gasteiger partial charge < -0.3 is 15.8 Å². The Hall–Kier alpha value is -3.15. The molecule has 2 aromatic rings. The Balaban J connectivity index is 1.83. The number of hydrogen-bond acceptors (Lipinski definition) is 4. The quantitative estimate of drug-likeness (QED) is 0.795. The zero-order valence-corrected chi connectivity index (χ0v) is 15.2. The third-order valence-corrected chi connectivity index (χ3v) is 5.07. The zero-order chi connectivity index (χ0) is 19.4. The average Bonchev–Trinajstić information content (AvgIpc) is 3.17. The van der Waals surface area contributed by atoms with Crippen molar-refractivity contribution in [1.82, 2.24) is 5.32 Å². The van der Waals surface area contributed by atoms with E-state index in [0.29, 0.717) is 24.0 Å². The van der Waals surface area contributed by atoms with Crippen molar-refractivity contribution in [3.05, 3.63) is 59.7 Å². The lowest BCUT2D eigenvalue weighted by Crippen LogP contribution is -2.55. The van der Waals surface area contributed by atoms with Crippen molar-refractivity contribution in [2.45, 2.75) is 31.2 Å². The van der Waals surface area contributed by atoms with Crippen LogP contribution in [-0.2, 0) is 9.53 Å². The molecule has 3 rings (SSSR count). The van der Waals surface area contributed by atoms with Crippen LogP contribution in [0.4, 0.5) is 0 Å². The second-order valence-electron chi connectivity index (χ2n) is 6.72. The van der Waals surface area contributed by atoms with Gasteiger partial charge in [-0.25, -0.2) is 4.79 Å². The Bertz CT molecular complexity index is 868. The Morgan fingerprint density at radius 2 is 1.63 bits per heavy atom. The lowest BCUT2D eigenvalue weighted by Gasteiger charge is -2.26. The number of amides is 2. The van der Waals surface area contributed by atoms with Gasteiger partial charge in [0.2, 0.25) is 5.91 Å². The molecule has 1 aliphatic carbocycles. The summed E-state index contributed by atoms with van der Waals surface area (Å²) in [4.78, 5) is 36.4. The first-order chi connectivity index (χ1) is 13.0. The number of benzene rings is 2. The molecule has 0 aromatic heterocycles. The van der Waals surface area contributed by atoms with Crippen molar-refractivity contribution >= 4 is 17.8 Å². The minimum absolute atomic E-state index is 0.330. The number of rotatable bonds is 5. The molecule has 1 aliphatic rings. The van der Waals surface area contributed by atoms with Gasteiger partial charge in [0, 0.05) is 5.56 Å². The molecule has 0 aliphatic heterocycles. The van der Waals surface area contributed by atoms with E-state index in [1.165, 1.54) is 7.11 Å². The van der Waals surface area contributed by atoms with Gasteiger partial charge in [-0.1, -0.05) is 43.2 Å². The molecule has 6 nitrogen and oxygen atoms in total. The van der Waals surface area contributed by atoms with Crippen LogP contribution in [-0.4, -0.2) is 30.4 Å². The van der Waals surface area contributed by atoms with Gasteiger partial charge in [-0.3, -0.25) is 9.59 Å². The minimum Gasteiger partial charge on any atom is -0.465 e. The second-order valence-corrected chi connectivity index (χ2v) is 6.72. The SMILES string of the molecule is COC(=O)c1ccccc1-c1ccc(C(=O)NC2(C(N)=O)CCCC2)cc1. The van der Waals surface area contributed by atoms with Crippen molar-refractivity contribution in [2.75, 3.05) is 7.11 Å². The molecule has 0 atom stereocenters. The minimum atomic E-state index is -0.951. The smallest absolute Gasteiger partial charge is 0.338 e. The summed E-state index contributed by atoms with van der Waals surface area (Å²) in [6.07, 6.45) is 2.87. The van der Waals surface area contributed by atoms with Crippen LogP contribution in [0.5, 0.6) is 0 Å². The lowest BCUT2D eigenvalue weighted by atomic mass is 9.95. The van der Waals surface area contributed by atoms with Crippen LogP contribution in [0.2, 0.25) is 0 Å². The number of nitrogens with one attached hydrogen (secondary N) is 1. The summed E-state index contributed by atoms with van der Waals surface area (Å²) < 4.78 is 4.82. The maximum absolute atomic E-state index is 12.6. The summed E-state index contributed by atoms with van der Waals surface area (Å²) in [6.45, 7) is 0. The van der Waals surface area contributed by atoms with E-state index in [1.807, 2.05) is 12.1 Å². The lowest BCUT2D eigenvalue weighted by molar-refractivity contribution is -0.123. The van der Waals surface area contributed by atoms with Gasteiger partial charge >= 0.3 is 5.97 Å². The number of carbonyl (C=O) groups excluding carboxylic acids is 3. The molecule has 0 bridgehead atoms. The van der Waals surface area contributed by atoms with E-state index in [-0.39, 0.29) is 5.91 Å². The maximum Gasteiger partial charge on any atom is 0.338 e. The molecule has 140 valence electrons. The molecule has 0 unspecified atom stereocenters. The third kappa shape index (κ3) is 3.69. The second kappa shape index (κ2) is 7.61.